The Balaban J connectivity index is 2.04. The number of β-lactam (4-membered cyclic amide) rings is 1. The average Bonchev–Trinajstić information content (AvgIpc) is 2.27. The number of hydrogen-bond donors (Lipinski definition) is 0. The van der Waals surface area contributed by atoms with Gasteiger partial charge in [-0.2, -0.15) is 0 Å². The van der Waals surface area contributed by atoms with E-state index >= 15 is 0 Å². The molecule has 1 amide bonds. The second-order valence-electron chi connectivity index (χ2n) is 4.28. The van der Waals surface area contributed by atoms with E-state index in [0.717, 1.165) is 5.56 Å². The van der Waals surface area contributed by atoms with Crippen molar-refractivity contribution < 1.29 is 9.59 Å². The Morgan fingerprint density at radius 3 is 2.44 bits per heavy atom. The normalized spacial score (nSPS) is 24.1. The SMILES string of the molecule is CC(=O)[C@H]1C(=O)N(Cc2ccccc2)[C@@H]1C. The monoisotopic (exact) mass is 217 g/mol. The first kappa shape index (κ1) is 10.9. The average molecular weight is 217 g/mol. The fourth-order valence-corrected chi connectivity index (χ4v) is 2.20. The van der Waals surface area contributed by atoms with E-state index in [0.29, 0.717) is 6.54 Å². The lowest BCUT2D eigenvalue weighted by atomic mass is 9.85. The molecular formula is C13H15NO2. The molecule has 1 heterocycles. The van der Waals surface area contributed by atoms with E-state index in [4.69, 9.17) is 0 Å². The first-order valence-electron chi connectivity index (χ1n) is 5.46. The highest BCUT2D eigenvalue weighted by Gasteiger charge is 2.46. The van der Waals surface area contributed by atoms with Gasteiger partial charge in [-0.05, 0) is 19.4 Å². The summed E-state index contributed by atoms with van der Waals surface area (Å²) in [5.74, 6) is -0.477. The van der Waals surface area contributed by atoms with Crippen molar-refractivity contribution in [3.8, 4) is 0 Å². The lowest BCUT2D eigenvalue weighted by molar-refractivity contribution is -0.160. The molecule has 84 valence electrons. The zero-order chi connectivity index (χ0) is 11.7. The first-order valence-corrected chi connectivity index (χ1v) is 5.46. The Kier molecular flexibility index (Phi) is 2.77. The fourth-order valence-electron chi connectivity index (χ4n) is 2.20. The molecule has 0 N–H and O–H groups in total. The second kappa shape index (κ2) is 4.08. The molecule has 0 bridgehead atoms. The largest absolute Gasteiger partial charge is 0.334 e. The summed E-state index contributed by atoms with van der Waals surface area (Å²) >= 11 is 0. The third-order valence-corrected chi connectivity index (χ3v) is 3.16. The number of nitrogens with zero attached hydrogens (tertiary/aromatic N) is 1. The van der Waals surface area contributed by atoms with Gasteiger partial charge < -0.3 is 4.90 Å². The maximum absolute atomic E-state index is 11.7. The van der Waals surface area contributed by atoms with Crippen molar-refractivity contribution in [2.24, 2.45) is 5.92 Å². The standard InChI is InChI=1S/C13H15NO2/c1-9-12(10(2)15)13(16)14(9)8-11-6-4-3-5-7-11/h3-7,9,12H,8H2,1-2H3/t9-,12+/m1/s1. The van der Waals surface area contributed by atoms with Gasteiger partial charge in [0.05, 0.1) is 0 Å². The van der Waals surface area contributed by atoms with Crippen molar-refractivity contribution in [3.63, 3.8) is 0 Å². The van der Waals surface area contributed by atoms with E-state index in [1.165, 1.54) is 6.92 Å². The van der Waals surface area contributed by atoms with Crippen LogP contribution in [0.5, 0.6) is 0 Å². The van der Waals surface area contributed by atoms with Crippen molar-refractivity contribution in [1.29, 1.82) is 0 Å². The van der Waals surface area contributed by atoms with E-state index < -0.39 is 5.92 Å². The summed E-state index contributed by atoms with van der Waals surface area (Å²) in [4.78, 5) is 24.7. The molecule has 0 unspecified atom stereocenters. The van der Waals surface area contributed by atoms with E-state index in [-0.39, 0.29) is 17.7 Å². The van der Waals surface area contributed by atoms with Gasteiger partial charge in [-0.15, -0.1) is 0 Å². The number of rotatable bonds is 3. The molecule has 2 atom stereocenters. The Labute approximate surface area is 95.1 Å². The van der Waals surface area contributed by atoms with Gasteiger partial charge in [0.25, 0.3) is 0 Å². The molecule has 3 heteroatoms. The van der Waals surface area contributed by atoms with Crippen LogP contribution in [0.3, 0.4) is 0 Å². The molecule has 16 heavy (non-hydrogen) atoms. The number of ketones is 1. The van der Waals surface area contributed by atoms with Crippen molar-refractivity contribution in [1.82, 2.24) is 4.90 Å². The maximum Gasteiger partial charge on any atom is 0.235 e. The number of likely N-dealkylation sites (tertiary alicyclic amines) is 1. The van der Waals surface area contributed by atoms with Crippen LogP contribution in [-0.2, 0) is 16.1 Å². The number of Topliss-reactive ketones (excluding diaryl/α,β-unsaturated/α-hetero) is 1. The highest BCUT2D eigenvalue weighted by atomic mass is 16.2. The van der Waals surface area contributed by atoms with E-state index in [9.17, 15) is 9.59 Å². The molecule has 0 spiro atoms. The Morgan fingerprint density at radius 1 is 1.31 bits per heavy atom. The molecule has 0 saturated carbocycles. The zero-order valence-corrected chi connectivity index (χ0v) is 9.51. The number of hydrogen-bond acceptors (Lipinski definition) is 2. The summed E-state index contributed by atoms with van der Waals surface area (Å²) in [6.45, 7) is 4.01. The molecule has 1 aromatic carbocycles. The van der Waals surface area contributed by atoms with Crippen LogP contribution in [0, 0.1) is 5.92 Å². The summed E-state index contributed by atoms with van der Waals surface area (Å²) in [5.41, 5.74) is 1.10. The van der Waals surface area contributed by atoms with Crippen molar-refractivity contribution in [2.75, 3.05) is 0 Å². The van der Waals surface area contributed by atoms with Crippen LogP contribution in [0.25, 0.3) is 0 Å². The van der Waals surface area contributed by atoms with Crippen LogP contribution < -0.4 is 0 Å². The molecule has 0 radical (unpaired) electrons. The summed E-state index contributed by atoms with van der Waals surface area (Å²) in [7, 11) is 0. The lowest BCUT2D eigenvalue weighted by Crippen LogP contribution is -2.61. The van der Waals surface area contributed by atoms with Gasteiger partial charge in [-0.1, -0.05) is 30.3 Å². The molecule has 1 saturated heterocycles. The van der Waals surface area contributed by atoms with Gasteiger partial charge in [0, 0.05) is 12.6 Å². The first-order chi connectivity index (χ1) is 7.61. The third-order valence-electron chi connectivity index (χ3n) is 3.16. The molecular weight excluding hydrogens is 202 g/mol. The third kappa shape index (κ3) is 1.73. The van der Waals surface area contributed by atoms with Crippen LogP contribution >= 0.6 is 0 Å². The Morgan fingerprint density at radius 2 is 1.94 bits per heavy atom. The topological polar surface area (TPSA) is 37.4 Å². The predicted octanol–water partition coefficient (Wildman–Crippen LogP) is 1.62. The van der Waals surface area contributed by atoms with Crippen LogP contribution in [-0.4, -0.2) is 22.6 Å². The number of carbonyl (C=O) groups excluding carboxylic acids is 2. The molecule has 1 aliphatic rings. The maximum atomic E-state index is 11.7. The zero-order valence-electron chi connectivity index (χ0n) is 9.51. The Hall–Kier alpha value is -1.64. The minimum atomic E-state index is -0.413. The highest BCUT2D eigenvalue weighted by molar-refractivity contribution is 6.05. The minimum Gasteiger partial charge on any atom is -0.334 e. The van der Waals surface area contributed by atoms with E-state index in [1.807, 2.05) is 37.3 Å². The van der Waals surface area contributed by atoms with Crippen molar-refractivity contribution in [3.05, 3.63) is 35.9 Å². The van der Waals surface area contributed by atoms with Crippen molar-refractivity contribution >= 4 is 11.7 Å². The van der Waals surface area contributed by atoms with Crippen LogP contribution in [0.15, 0.2) is 30.3 Å². The van der Waals surface area contributed by atoms with Gasteiger partial charge in [-0.3, -0.25) is 9.59 Å². The summed E-state index contributed by atoms with van der Waals surface area (Å²) < 4.78 is 0. The summed E-state index contributed by atoms with van der Waals surface area (Å²) in [6.07, 6.45) is 0. The molecule has 1 aromatic rings. The number of amides is 1. The molecule has 0 aromatic heterocycles. The molecule has 1 aliphatic heterocycles. The van der Waals surface area contributed by atoms with Crippen LogP contribution in [0.2, 0.25) is 0 Å². The summed E-state index contributed by atoms with van der Waals surface area (Å²) in [5, 5.41) is 0. The van der Waals surface area contributed by atoms with Gasteiger partial charge in [0.2, 0.25) is 5.91 Å². The fraction of sp³-hybridized carbons (Fsp3) is 0.385. The van der Waals surface area contributed by atoms with Gasteiger partial charge in [-0.25, -0.2) is 0 Å². The van der Waals surface area contributed by atoms with Gasteiger partial charge >= 0.3 is 0 Å². The molecule has 3 nitrogen and oxygen atoms in total. The number of benzene rings is 1. The predicted molar refractivity (Wildman–Crippen MR) is 60.6 cm³/mol. The summed E-state index contributed by atoms with van der Waals surface area (Å²) in [6, 6.07) is 9.86. The quantitative estimate of drug-likeness (QED) is 0.570. The number of carbonyl (C=O) groups is 2. The van der Waals surface area contributed by atoms with Crippen LogP contribution in [0.4, 0.5) is 0 Å². The smallest absolute Gasteiger partial charge is 0.235 e. The van der Waals surface area contributed by atoms with Crippen molar-refractivity contribution in [2.45, 2.75) is 26.4 Å². The lowest BCUT2D eigenvalue weighted by Gasteiger charge is -2.44. The molecule has 0 aliphatic carbocycles. The highest BCUT2D eigenvalue weighted by Crippen LogP contribution is 2.28. The van der Waals surface area contributed by atoms with Crippen LogP contribution in [0.1, 0.15) is 19.4 Å². The van der Waals surface area contributed by atoms with E-state index in [1.54, 1.807) is 4.90 Å². The minimum absolute atomic E-state index is 0.0261. The molecule has 1 fully saturated rings. The molecule has 2 rings (SSSR count). The van der Waals surface area contributed by atoms with Gasteiger partial charge in [0.15, 0.2) is 0 Å². The second-order valence-corrected chi connectivity index (χ2v) is 4.28. The van der Waals surface area contributed by atoms with Gasteiger partial charge in [0.1, 0.15) is 11.7 Å². The Bertz CT molecular complexity index is 413. The van der Waals surface area contributed by atoms with E-state index in [2.05, 4.69) is 0 Å².